The van der Waals surface area contributed by atoms with Gasteiger partial charge in [-0.3, -0.25) is 4.79 Å². The van der Waals surface area contributed by atoms with Crippen LogP contribution in [-0.4, -0.2) is 36.8 Å². The number of ether oxygens (including phenoxy) is 2. The van der Waals surface area contributed by atoms with Crippen molar-refractivity contribution in [1.82, 2.24) is 4.90 Å². The van der Waals surface area contributed by atoms with Gasteiger partial charge in [-0.25, -0.2) is 0 Å². The molecular weight excluding hydrogens is 346 g/mol. The van der Waals surface area contributed by atoms with Crippen LogP contribution in [0.1, 0.15) is 31.4 Å². The second-order valence-electron chi connectivity index (χ2n) is 6.37. The van der Waals surface area contributed by atoms with E-state index in [4.69, 9.17) is 9.47 Å². The highest BCUT2D eigenvalue weighted by atomic mass is 32.2. The van der Waals surface area contributed by atoms with Crippen LogP contribution >= 0.6 is 11.8 Å². The Morgan fingerprint density at radius 3 is 2.62 bits per heavy atom. The van der Waals surface area contributed by atoms with E-state index in [1.807, 2.05) is 60.4 Å². The monoisotopic (exact) mass is 371 g/mol. The molecular formula is C21H25NO3S. The zero-order chi connectivity index (χ0) is 18.5. The van der Waals surface area contributed by atoms with Gasteiger partial charge >= 0.3 is 0 Å². The van der Waals surface area contributed by atoms with Crippen LogP contribution in [0.5, 0.6) is 11.5 Å². The van der Waals surface area contributed by atoms with Crippen LogP contribution < -0.4 is 9.47 Å². The topological polar surface area (TPSA) is 38.8 Å². The summed E-state index contributed by atoms with van der Waals surface area (Å²) in [6.45, 7) is 2.77. The first-order valence-electron chi connectivity index (χ1n) is 8.88. The molecule has 2 aromatic rings. The molecule has 0 saturated carbocycles. The summed E-state index contributed by atoms with van der Waals surface area (Å²) in [6.07, 6.45) is 1.94. The van der Waals surface area contributed by atoms with Gasteiger partial charge in [0.05, 0.1) is 25.5 Å². The zero-order valence-electron chi connectivity index (χ0n) is 15.5. The minimum Gasteiger partial charge on any atom is -0.497 e. The molecule has 1 heterocycles. The van der Waals surface area contributed by atoms with Crippen LogP contribution in [0.25, 0.3) is 0 Å². The molecule has 1 amide bonds. The van der Waals surface area contributed by atoms with Gasteiger partial charge < -0.3 is 14.4 Å². The van der Waals surface area contributed by atoms with Crippen molar-refractivity contribution in [2.45, 2.75) is 36.0 Å². The lowest BCUT2D eigenvalue weighted by molar-refractivity contribution is -0.131. The number of benzene rings is 2. The van der Waals surface area contributed by atoms with Gasteiger partial charge in [-0.1, -0.05) is 18.2 Å². The number of thioether (sulfide) groups is 1. The third-order valence-corrected chi connectivity index (χ3v) is 5.84. The fraction of sp³-hybridized carbons (Fsp3) is 0.381. The maximum absolute atomic E-state index is 13.1. The molecule has 0 spiro atoms. The van der Waals surface area contributed by atoms with Gasteiger partial charge in [0.1, 0.15) is 11.5 Å². The van der Waals surface area contributed by atoms with Crippen LogP contribution in [-0.2, 0) is 4.79 Å². The first kappa shape index (κ1) is 18.6. The van der Waals surface area contributed by atoms with Crippen molar-refractivity contribution >= 4 is 17.7 Å². The second-order valence-corrected chi connectivity index (χ2v) is 7.78. The van der Waals surface area contributed by atoms with Crippen LogP contribution in [0, 0.1) is 0 Å². The normalized spacial score (nSPS) is 17.8. The fourth-order valence-corrected chi connectivity index (χ4v) is 4.40. The van der Waals surface area contributed by atoms with Crippen LogP contribution in [0.15, 0.2) is 53.4 Å². The number of carbonyl (C=O) groups is 1. The standard InChI is InChI=1S/C21H25NO3S/c1-15(26-17-8-5-4-6-9-17)21(23)22-13-7-10-19(22)18-14-16(24-2)11-12-20(18)25-3/h4-6,8-9,11-12,14-15,19H,7,10,13H2,1-3H3/t15-,19-/m0/s1. The Morgan fingerprint density at radius 1 is 1.15 bits per heavy atom. The maximum atomic E-state index is 13.1. The van der Waals surface area contributed by atoms with Gasteiger partial charge in [-0.2, -0.15) is 0 Å². The molecule has 1 aliphatic rings. The molecule has 5 heteroatoms. The molecule has 0 aromatic heterocycles. The third-order valence-electron chi connectivity index (χ3n) is 4.74. The number of nitrogens with zero attached hydrogens (tertiary/aromatic N) is 1. The van der Waals surface area contributed by atoms with Crippen molar-refractivity contribution < 1.29 is 14.3 Å². The minimum atomic E-state index is -0.130. The number of hydrogen-bond donors (Lipinski definition) is 0. The van der Waals surface area contributed by atoms with Gasteiger partial charge in [-0.05, 0) is 50.1 Å². The van der Waals surface area contributed by atoms with Crippen molar-refractivity contribution in [2.24, 2.45) is 0 Å². The second kappa shape index (κ2) is 8.49. The highest BCUT2D eigenvalue weighted by Crippen LogP contribution is 2.40. The van der Waals surface area contributed by atoms with Crippen molar-refractivity contribution in [1.29, 1.82) is 0 Å². The summed E-state index contributed by atoms with van der Waals surface area (Å²) in [5, 5.41) is -0.130. The lowest BCUT2D eigenvalue weighted by atomic mass is 10.0. The Labute approximate surface area is 159 Å². The number of likely N-dealkylation sites (tertiary alicyclic amines) is 1. The molecule has 0 N–H and O–H groups in total. The number of rotatable bonds is 6. The Hall–Kier alpha value is -2.14. The summed E-state index contributed by atoms with van der Waals surface area (Å²) in [5.41, 5.74) is 1.02. The largest absolute Gasteiger partial charge is 0.497 e. The minimum absolute atomic E-state index is 0.0337. The molecule has 3 rings (SSSR count). The SMILES string of the molecule is COc1ccc(OC)c([C@@H]2CCCN2C(=O)[C@H](C)Sc2ccccc2)c1. The maximum Gasteiger partial charge on any atom is 0.236 e. The van der Waals surface area contributed by atoms with E-state index < -0.39 is 0 Å². The summed E-state index contributed by atoms with van der Waals surface area (Å²) >= 11 is 1.61. The van der Waals surface area contributed by atoms with Gasteiger partial charge in [0.15, 0.2) is 0 Å². The molecule has 1 aliphatic heterocycles. The number of hydrogen-bond acceptors (Lipinski definition) is 4. The number of amides is 1. The summed E-state index contributed by atoms with van der Waals surface area (Å²) in [5.74, 6) is 1.76. The molecule has 0 aliphatic carbocycles. The molecule has 26 heavy (non-hydrogen) atoms. The van der Waals surface area contributed by atoms with Crippen molar-refractivity contribution in [3.63, 3.8) is 0 Å². The average Bonchev–Trinajstić information content (AvgIpc) is 3.17. The van der Waals surface area contributed by atoms with Crippen molar-refractivity contribution in [3.05, 3.63) is 54.1 Å². The Morgan fingerprint density at radius 2 is 1.92 bits per heavy atom. The van der Waals surface area contributed by atoms with Crippen molar-refractivity contribution in [3.8, 4) is 11.5 Å². The summed E-state index contributed by atoms with van der Waals surface area (Å²) < 4.78 is 10.9. The smallest absolute Gasteiger partial charge is 0.236 e. The molecule has 4 nitrogen and oxygen atoms in total. The van der Waals surface area contributed by atoms with E-state index in [9.17, 15) is 4.79 Å². The fourth-order valence-electron chi connectivity index (χ4n) is 3.44. The molecule has 0 radical (unpaired) electrons. The lowest BCUT2D eigenvalue weighted by Gasteiger charge is -2.29. The summed E-state index contributed by atoms with van der Waals surface area (Å²) in [7, 11) is 3.32. The van der Waals surface area contributed by atoms with Gasteiger partial charge in [0.2, 0.25) is 5.91 Å². The first-order chi connectivity index (χ1) is 12.6. The lowest BCUT2D eigenvalue weighted by Crippen LogP contribution is -2.36. The quantitative estimate of drug-likeness (QED) is 0.699. The highest BCUT2D eigenvalue weighted by molar-refractivity contribution is 8.00. The van der Waals surface area contributed by atoms with Gasteiger partial charge in [0.25, 0.3) is 0 Å². The molecule has 0 unspecified atom stereocenters. The van der Waals surface area contributed by atoms with Crippen LogP contribution in [0.4, 0.5) is 0 Å². The number of methoxy groups -OCH3 is 2. The van der Waals surface area contributed by atoms with E-state index >= 15 is 0 Å². The van der Waals surface area contributed by atoms with Gasteiger partial charge in [0, 0.05) is 17.0 Å². The first-order valence-corrected chi connectivity index (χ1v) is 9.76. The van der Waals surface area contributed by atoms with E-state index in [0.717, 1.165) is 41.3 Å². The Balaban J connectivity index is 1.80. The van der Waals surface area contributed by atoms with Crippen LogP contribution in [0.3, 0.4) is 0 Å². The molecule has 1 saturated heterocycles. The third kappa shape index (κ3) is 3.98. The zero-order valence-corrected chi connectivity index (χ0v) is 16.3. The Kier molecular flexibility index (Phi) is 6.09. The number of carbonyl (C=O) groups excluding carboxylic acids is 1. The van der Waals surface area contributed by atoms with E-state index in [-0.39, 0.29) is 17.2 Å². The highest BCUT2D eigenvalue weighted by Gasteiger charge is 2.34. The average molecular weight is 372 g/mol. The van der Waals surface area contributed by atoms with Crippen LogP contribution in [0.2, 0.25) is 0 Å². The van der Waals surface area contributed by atoms with Gasteiger partial charge in [-0.15, -0.1) is 11.8 Å². The molecule has 2 atom stereocenters. The summed E-state index contributed by atoms with van der Waals surface area (Å²) in [6, 6.07) is 15.9. The van der Waals surface area contributed by atoms with E-state index in [1.54, 1.807) is 26.0 Å². The van der Waals surface area contributed by atoms with Crippen molar-refractivity contribution in [2.75, 3.05) is 20.8 Å². The molecule has 2 aromatic carbocycles. The Bertz CT molecular complexity index is 750. The van der Waals surface area contributed by atoms with E-state index in [1.165, 1.54) is 0 Å². The molecule has 138 valence electrons. The van der Waals surface area contributed by atoms with E-state index in [0.29, 0.717) is 0 Å². The molecule has 0 bridgehead atoms. The van der Waals surface area contributed by atoms with E-state index in [2.05, 4.69) is 0 Å². The predicted octanol–water partition coefficient (Wildman–Crippen LogP) is 4.55. The predicted molar refractivity (Wildman–Crippen MR) is 105 cm³/mol. The molecule has 1 fully saturated rings. The summed E-state index contributed by atoms with van der Waals surface area (Å²) in [4.78, 5) is 16.2.